The number of anilines is 2. The second kappa shape index (κ2) is 9.08. The number of benzene rings is 2. The van der Waals surface area contributed by atoms with Gasteiger partial charge in [-0.25, -0.2) is 4.98 Å². The molecule has 2 heterocycles. The average molecular weight is 463 g/mol. The fourth-order valence-corrected chi connectivity index (χ4v) is 3.28. The minimum absolute atomic E-state index is 0.0630. The molecule has 174 valence electrons. The summed E-state index contributed by atoms with van der Waals surface area (Å²) in [7, 11) is 1.71. The average Bonchev–Trinajstić information content (AvgIpc) is 3.32. The molecule has 9 nitrogen and oxygen atoms in total. The Bertz CT molecular complexity index is 1300. The maximum absolute atomic E-state index is 13.2. The van der Waals surface area contributed by atoms with Crippen LogP contribution in [-0.4, -0.2) is 51.9 Å². The molecule has 1 amide bonds. The van der Waals surface area contributed by atoms with Crippen molar-refractivity contribution in [2.45, 2.75) is 6.18 Å². The molecular weight excluding hydrogens is 443 g/mol. The molecule has 0 aliphatic heterocycles. The van der Waals surface area contributed by atoms with Crippen molar-refractivity contribution in [2.75, 3.05) is 31.7 Å². The molecule has 0 saturated heterocycles. The molecule has 0 aliphatic rings. The van der Waals surface area contributed by atoms with Crippen LogP contribution in [0.3, 0.4) is 0 Å². The first-order valence-corrected chi connectivity index (χ1v) is 9.95. The number of aliphatic hydroxyl groups excluding tert-OH is 1. The standard InChI is InChI=1S/C21H20F3N5O4/c1-29-16-6-5-12(18(31)25-7-9-32-10-8-30)11-15(16)26-19(29)28-20-27-14-4-2-3-13(17(14)33-20)21(22,23)24/h2-6,11,30H,7-10H2,1H3,(H,25,31)(H,26,27,28). The van der Waals surface area contributed by atoms with Crippen molar-refractivity contribution in [1.29, 1.82) is 0 Å². The van der Waals surface area contributed by atoms with Crippen molar-refractivity contribution in [3.63, 3.8) is 0 Å². The Morgan fingerprint density at radius 1 is 1.18 bits per heavy atom. The van der Waals surface area contributed by atoms with Gasteiger partial charge >= 0.3 is 12.2 Å². The number of aliphatic hydroxyl groups is 1. The van der Waals surface area contributed by atoms with E-state index in [1.54, 1.807) is 29.8 Å². The van der Waals surface area contributed by atoms with Crippen LogP contribution in [0.2, 0.25) is 0 Å². The number of amides is 1. The fourth-order valence-electron chi connectivity index (χ4n) is 3.28. The third-order valence-electron chi connectivity index (χ3n) is 4.85. The number of oxazole rings is 1. The Hall–Kier alpha value is -3.64. The molecule has 0 fully saturated rings. The van der Waals surface area contributed by atoms with Gasteiger partial charge in [0.25, 0.3) is 5.91 Å². The van der Waals surface area contributed by atoms with Crippen LogP contribution in [0.25, 0.3) is 22.1 Å². The third-order valence-corrected chi connectivity index (χ3v) is 4.85. The summed E-state index contributed by atoms with van der Waals surface area (Å²) in [5, 5.41) is 14.2. The number of alkyl halides is 3. The number of imidazole rings is 1. The Kier molecular flexibility index (Phi) is 6.20. The van der Waals surface area contributed by atoms with Crippen LogP contribution in [0, 0.1) is 0 Å². The lowest BCUT2D eigenvalue weighted by Crippen LogP contribution is -2.27. The molecule has 3 N–H and O–H groups in total. The summed E-state index contributed by atoms with van der Waals surface area (Å²) >= 11 is 0. The van der Waals surface area contributed by atoms with Crippen LogP contribution in [0.15, 0.2) is 40.8 Å². The first-order valence-electron chi connectivity index (χ1n) is 9.95. The van der Waals surface area contributed by atoms with Crippen molar-refractivity contribution in [3.8, 4) is 0 Å². The highest BCUT2D eigenvalue weighted by molar-refractivity contribution is 5.97. The molecule has 4 rings (SSSR count). The Morgan fingerprint density at radius 3 is 2.76 bits per heavy atom. The van der Waals surface area contributed by atoms with Gasteiger partial charge in [-0.2, -0.15) is 18.2 Å². The Morgan fingerprint density at radius 2 is 2.00 bits per heavy atom. The van der Waals surface area contributed by atoms with Crippen LogP contribution >= 0.6 is 0 Å². The molecule has 2 aromatic heterocycles. The molecule has 4 aromatic rings. The van der Waals surface area contributed by atoms with Gasteiger partial charge in [0, 0.05) is 19.2 Å². The molecule has 2 aromatic carbocycles. The zero-order valence-electron chi connectivity index (χ0n) is 17.4. The van der Waals surface area contributed by atoms with Gasteiger partial charge in [0.05, 0.1) is 30.9 Å². The number of carbonyl (C=O) groups excluding carboxylic acids is 1. The van der Waals surface area contributed by atoms with E-state index in [0.29, 0.717) is 16.6 Å². The van der Waals surface area contributed by atoms with Gasteiger partial charge in [-0.1, -0.05) is 6.07 Å². The molecule has 33 heavy (non-hydrogen) atoms. The monoisotopic (exact) mass is 463 g/mol. The molecule has 0 saturated carbocycles. The minimum Gasteiger partial charge on any atom is -0.423 e. The van der Waals surface area contributed by atoms with E-state index in [4.69, 9.17) is 14.3 Å². The zero-order chi connectivity index (χ0) is 23.6. The molecule has 0 spiro atoms. The van der Waals surface area contributed by atoms with E-state index in [2.05, 4.69) is 20.6 Å². The summed E-state index contributed by atoms with van der Waals surface area (Å²) in [6.45, 7) is 0.660. The molecule has 0 aliphatic carbocycles. The summed E-state index contributed by atoms with van der Waals surface area (Å²) in [6, 6.07) is 8.41. The summed E-state index contributed by atoms with van der Waals surface area (Å²) in [6.07, 6.45) is -4.57. The van der Waals surface area contributed by atoms with Crippen molar-refractivity contribution in [2.24, 2.45) is 7.05 Å². The highest BCUT2D eigenvalue weighted by atomic mass is 19.4. The topological polar surface area (TPSA) is 114 Å². The maximum Gasteiger partial charge on any atom is 0.420 e. The van der Waals surface area contributed by atoms with Gasteiger partial charge in [0.2, 0.25) is 5.95 Å². The lowest BCUT2D eigenvalue weighted by Gasteiger charge is -2.06. The van der Waals surface area contributed by atoms with Gasteiger partial charge in [0.15, 0.2) is 5.58 Å². The van der Waals surface area contributed by atoms with Gasteiger partial charge < -0.3 is 24.1 Å². The SMILES string of the molecule is Cn1c(Nc2nc3cccc(C(F)(F)F)c3o2)nc2cc(C(=O)NCCOCCO)ccc21. The van der Waals surface area contributed by atoms with Gasteiger partial charge in [-0.05, 0) is 30.3 Å². The normalized spacial score (nSPS) is 11.9. The number of nitrogens with zero attached hydrogens (tertiary/aromatic N) is 3. The molecule has 0 unspecified atom stereocenters. The highest BCUT2D eigenvalue weighted by Crippen LogP contribution is 2.36. The second-order valence-corrected chi connectivity index (χ2v) is 7.09. The van der Waals surface area contributed by atoms with Crippen LogP contribution in [0.5, 0.6) is 0 Å². The lowest BCUT2D eigenvalue weighted by molar-refractivity contribution is -0.136. The number of aryl methyl sites for hydroxylation is 1. The molecule has 12 heteroatoms. The number of nitrogens with one attached hydrogen (secondary N) is 2. The second-order valence-electron chi connectivity index (χ2n) is 7.09. The van der Waals surface area contributed by atoms with E-state index in [1.807, 2.05) is 0 Å². The summed E-state index contributed by atoms with van der Waals surface area (Å²) in [5.74, 6) is -0.0385. The highest BCUT2D eigenvalue weighted by Gasteiger charge is 2.34. The minimum atomic E-state index is -4.57. The van der Waals surface area contributed by atoms with Crippen LogP contribution in [0.1, 0.15) is 15.9 Å². The fraction of sp³-hybridized carbons (Fsp3) is 0.286. The van der Waals surface area contributed by atoms with E-state index >= 15 is 0 Å². The number of hydrogen-bond donors (Lipinski definition) is 3. The molecule has 0 atom stereocenters. The third kappa shape index (κ3) is 4.76. The predicted octanol–water partition coefficient (Wildman–Crippen LogP) is 3.22. The summed E-state index contributed by atoms with van der Waals surface area (Å²) in [5.41, 5.74) is 0.346. The van der Waals surface area contributed by atoms with E-state index in [0.717, 1.165) is 6.07 Å². The van der Waals surface area contributed by atoms with E-state index in [-0.39, 0.29) is 55.3 Å². The lowest BCUT2D eigenvalue weighted by atomic mass is 10.2. The number of halogens is 3. The van der Waals surface area contributed by atoms with Gasteiger partial charge in [-0.3, -0.25) is 10.1 Å². The first-order chi connectivity index (χ1) is 15.8. The zero-order valence-corrected chi connectivity index (χ0v) is 17.4. The van der Waals surface area contributed by atoms with Crippen molar-refractivity contribution in [3.05, 3.63) is 47.5 Å². The number of fused-ring (bicyclic) bond motifs is 2. The number of hydrogen-bond acceptors (Lipinski definition) is 7. The van der Waals surface area contributed by atoms with Crippen molar-refractivity contribution < 1.29 is 32.2 Å². The number of rotatable bonds is 8. The molecular formula is C21H20F3N5O4. The molecule has 0 radical (unpaired) electrons. The quantitative estimate of drug-likeness (QED) is 0.344. The number of aromatic nitrogens is 3. The van der Waals surface area contributed by atoms with Gasteiger partial charge in [-0.15, -0.1) is 0 Å². The van der Waals surface area contributed by atoms with Gasteiger partial charge in [0.1, 0.15) is 11.1 Å². The Balaban J connectivity index is 1.54. The van der Waals surface area contributed by atoms with Crippen LogP contribution in [0.4, 0.5) is 25.1 Å². The largest absolute Gasteiger partial charge is 0.423 e. The number of ether oxygens (including phenoxy) is 1. The number of carbonyl (C=O) groups is 1. The van der Waals surface area contributed by atoms with E-state index in [1.165, 1.54) is 12.1 Å². The van der Waals surface area contributed by atoms with Crippen molar-refractivity contribution >= 4 is 40.0 Å². The van der Waals surface area contributed by atoms with Crippen LogP contribution in [-0.2, 0) is 18.0 Å². The molecule has 0 bridgehead atoms. The van der Waals surface area contributed by atoms with Crippen molar-refractivity contribution in [1.82, 2.24) is 19.9 Å². The smallest absolute Gasteiger partial charge is 0.420 e. The van der Waals surface area contributed by atoms with E-state index < -0.39 is 11.7 Å². The summed E-state index contributed by atoms with van der Waals surface area (Å²) in [4.78, 5) is 20.8. The maximum atomic E-state index is 13.2. The number of para-hydroxylation sites is 1. The predicted molar refractivity (Wildman–Crippen MR) is 113 cm³/mol. The van der Waals surface area contributed by atoms with Crippen LogP contribution < -0.4 is 10.6 Å². The first kappa shape index (κ1) is 22.6. The van der Waals surface area contributed by atoms with E-state index in [9.17, 15) is 18.0 Å². The summed E-state index contributed by atoms with van der Waals surface area (Å²) < 4.78 is 51.7. The Labute approximate surface area is 185 Å².